The maximum absolute atomic E-state index is 5.60. The molecule has 1 fully saturated rings. The zero-order valence-corrected chi connectivity index (χ0v) is 11.4. The Morgan fingerprint density at radius 1 is 0.950 bits per heavy atom. The number of pyridine rings is 2. The summed E-state index contributed by atoms with van der Waals surface area (Å²) >= 11 is 0. The number of anilines is 2. The first-order chi connectivity index (χ1) is 9.86. The van der Waals surface area contributed by atoms with Crippen LogP contribution >= 0.6 is 0 Å². The lowest BCUT2D eigenvalue weighted by Crippen LogP contribution is -2.46. The van der Waals surface area contributed by atoms with Gasteiger partial charge in [0.15, 0.2) is 0 Å². The molecule has 0 atom stereocenters. The largest absolute Gasteiger partial charge is 0.368 e. The number of nitrogens with zero attached hydrogens (tertiary/aromatic N) is 4. The summed E-state index contributed by atoms with van der Waals surface area (Å²) in [4.78, 5) is 13.2. The van der Waals surface area contributed by atoms with Gasteiger partial charge in [0.05, 0.1) is 0 Å². The van der Waals surface area contributed by atoms with Crippen LogP contribution in [0.25, 0.3) is 0 Å². The van der Waals surface area contributed by atoms with Gasteiger partial charge in [0.1, 0.15) is 5.82 Å². The molecule has 1 aliphatic heterocycles. The second-order valence-electron chi connectivity index (χ2n) is 4.91. The molecule has 3 rings (SSSR count). The molecule has 2 aromatic rings. The lowest BCUT2D eigenvalue weighted by molar-refractivity contribution is 0.647. The van der Waals surface area contributed by atoms with Crippen LogP contribution in [0.4, 0.5) is 11.5 Å². The van der Waals surface area contributed by atoms with Gasteiger partial charge >= 0.3 is 0 Å². The number of nitrogens with two attached hydrogens (primary N) is 1. The molecule has 5 nitrogen and oxygen atoms in total. The van der Waals surface area contributed by atoms with Crippen LogP contribution in [-0.2, 0) is 6.54 Å². The maximum atomic E-state index is 5.60. The number of hydrogen-bond acceptors (Lipinski definition) is 5. The van der Waals surface area contributed by atoms with E-state index >= 15 is 0 Å². The number of hydrogen-bond donors (Lipinski definition) is 1. The van der Waals surface area contributed by atoms with E-state index in [1.807, 2.05) is 18.6 Å². The van der Waals surface area contributed by atoms with Crippen LogP contribution in [0.3, 0.4) is 0 Å². The number of piperazine rings is 1. The van der Waals surface area contributed by atoms with Gasteiger partial charge in [-0.15, -0.1) is 0 Å². The van der Waals surface area contributed by atoms with Crippen molar-refractivity contribution >= 4 is 11.5 Å². The second kappa shape index (κ2) is 5.88. The predicted octanol–water partition coefficient (Wildman–Crippen LogP) is 1.26. The molecule has 0 amide bonds. The van der Waals surface area contributed by atoms with Crippen molar-refractivity contribution in [1.82, 2.24) is 9.97 Å². The molecule has 20 heavy (non-hydrogen) atoms. The minimum atomic E-state index is 0.545. The van der Waals surface area contributed by atoms with E-state index in [1.165, 1.54) is 5.69 Å². The van der Waals surface area contributed by atoms with Gasteiger partial charge in [0, 0.05) is 57.0 Å². The normalized spacial score (nSPS) is 15.4. The minimum Gasteiger partial charge on any atom is -0.368 e. The fraction of sp³-hybridized carbons (Fsp3) is 0.333. The van der Waals surface area contributed by atoms with Crippen molar-refractivity contribution in [2.45, 2.75) is 6.54 Å². The van der Waals surface area contributed by atoms with Crippen molar-refractivity contribution < 1.29 is 0 Å². The van der Waals surface area contributed by atoms with Crippen molar-refractivity contribution in [2.75, 3.05) is 36.0 Å². The minimum absolute atomic E-state index is 0.545. The molecule has 104 valence electrons. The molecule has 0 unspecified atom stereocenters. The molecule has 2 aromatic heterocycles. The van der Waals surface area contributed by atoms with Gasteiger partial charge in [0.2, 0.25) is 0 Å². The first kappa shape index (κ1) is 12.9. The van der Waals surface area contributed by atoms with E-state index in [0.29, 0.717) is 6.54 Å². The van der Waals surface area contributed by atoms with Crippen LogP contribution in [0.15, 0.2) is 42.9 Å². The Labute approximate surface area is 119 Å². The molecule has 0 saturated carbocycles. The van der Waals surface area contributed by atoms with E-state index in [1.54, 1.807) is 0 Å². The highest BCUT2D eigenvalue weighted by Crippen LogP contribution is 2.18. The third kappa shape index (κ3) is 2.72. The molecule has 5 heteroatoms. The highest BCUT2D eigenvalue weighted by Gasteiger charge is 2.17. The summed E-state index contributed by atoms with van der Waals surface area (Å²) in [5.74, 6) is 1.04. The molecular formula is C15H19N5. The van der Waals surface area contributed by atoms with Crippen molar-refractivity contribution in [3.8, 4) is 0 Å². The third-order valence-electron chi connectivity index (χ3n) is 3.68. The Morgan fingerprint density at radius 2 is 1.65 bits per heavy atom. The van der Waals surface area contributed by atoms with Crippen LogP contribution in [0.2, 0.25) is 0 Å². The average Bonchev–Trinajstić information content (AvgIpc) is 2.56. The summed E-state index contributed by atoms with van der Waals surface area (Å²) in [6, 6.07) is 8.23. The van der Waals surface area contributed by atoms with E-state index in [9.17, 15) is 0 Å². The van der Waals surface area contributed by atoms with Crippen LogP contribution in [-0.4, -0.2) is 36.1 Å². The molecule has 1 saturated heterocycles. The second-order valence-corrected chi connectivity index (χ2v) is 4.91. The highest BCUT2D eigenvalue weighted by atomic mass is 15.3. The van der Waals surface area contributed by atoms with Crippen LogP contribution in [0.5, 0.6) is 0 Å². The zero-order chi connectivity index (χ0) is 13.8. The summed E-state index contributed by atoms with van der Waals surface area (Å²) in [7, 11) is 0. The molecule has 0 aliphatic carbocycles. The van der Waals surface area contributed by atoms with Crippen LogP contribution in [0, 0.1) is 0 Å². The van der Waals surface area contributed by atoms with E-state index in [0.717, 1.165) is 37.6 Å². The van der Waals surface area contributed by atoms with E-state index in [2.05, 4.69) is 44.0 Å². The summed E-state index contributed by atoms with van der Waals surface area (Å²) in [6.07, 6.45) is 5.55. The summed E-state index contributed by atoms with van der Waals surface area (Å²) in [5, 5.41) is 0. The van der Waals surface area contributed by atoms with Gasteiger partial charge in [-0.25, -0.2) is 4.98 Å². The zero-order valence-electron chi connectivity index (χ0n) is 11.4. The van der Waals surface area contributed by atoms with E-state index in [4.69, 9.17) is 5.73 Å². The smallest absolute Gasteiger partial charge is 0.128 e. The Kier molecular flexibility index (Phi) is 3.78. The maximum Gasteiger partial charge on any atom is 0.128 e. The molecular weight excluding hydrogens is 250 g/mol. The Hall–Kier alpha value is -2.14. The van der Waals surface area contributed by atoms with Crippen molar-refractivity contribution in [1.29, 1.82) is 0 Å². The topological polar surface area (TPSA) is 58.3 Å². The first-order valence-electron chi connectivity index (χ1n) is 6.92. The number of rotatable bonds is 3. The quantitative estimate of drug-likeness (QED) is 0.909. The molecule has 3 heterocycles. The lowest BCUT2D eigenvalue weighted by atomic mass is 10.2. The van der Waals surface area contributed by atoms with E-state index < -0.39 is 0 Å². The fourth-order valence-electron chi connectivity index (χ4n) is 2.47. The van der Waals surface area contributed by atoms with Crippen LogP contribution in [0.1, 0.15) is 5.56 Å². The average molecular weight is 269 g/mol. The predicted molar refractivity (Wildman–Crippen MR) is 80.8 cm³/mol. The van der Waals surface area contributed by atoms with Gasteiger partial charge in [-0.3, -0.25) is 4.98 Å². The monoisotopic (exact) mass is 269 g/mol. The standard InChI is InChI=1S/C15H19N5/c16-11-13-1-2-15(18-12-13)20-9-7-19(8-10-20)14-3-5-17-6-4-14/h1-6,12H,7-11,16H2. The summed E-state index contributed by atoms with van der Waals surface area (Å²) < 4.78 is 0. The van der Waals surface area contributed by atoms with Crippen molar-refractivity contribution in [3.05, 3.63) is 48.4 Å². The highest BCUT2D eigenvalue weighted by molar-refractivity contribution is 5.48. The van der Waals surface area contributed by atoms with Crippen LogP contribution < -0.4 is 15.5 Å². The third-order valence-corrected chi connectivity index (χ3v) is 3.68. The van der Waals surface area contributed by atoms with Gasteiger partial charge < -0.3 is 15.5 Å². The van der Waals surface area contributed by atoms with Gasteiger partial charge in [0.25, 0.3) is 0 Å². The summed E-state index contributed by atoms with van der Waals surface area (Å²) in [6.45, 7) is 4.52. The molecule has 0 spiro atoms. The van der Waals surface area contributed by atoms with Crippen molar-refractivity contribution in [3.63, 3.8) is 0 Å². The Morgan fingerprint density at radius 3 is 2.25 bits per heavy atom. The molecule has 0 radical (unpaired) electrons. The van der Waals surface area contributed by atoms with E-state index in [-0.39, 0.29) is 0 Å². The summed E-state index contributed by atoms with van der Waals surface area (Å²) in [5.41, 5.74) is 7.91. The fourth-order valence-corrected chi connectivity index (χ4v) is 2.47. The molecule has 1 aliphatic rings. The molecule has 2 N–H and O–H groups in total. The van der Waals surface area contributed by atoms with Gasteiger partial charge in [-0.1, -0.05) is 6.07 Å². The first-order valence-corrected chi connectivity index (χ1v) is 6.92. The van der Waals surface area contributed by atoms with Gasteiger partial charge in [-0.2, -0.15) is 0 Å². The Balaban J connectivity index is 1.63. The molecule has 0 aromatic carbocycles. The lowest BCUT2D eigenvalue weighted by Gasteiger charge is -2.36. The van der Waals surface area contributed by atoms with Crippen molar-refractivity contribution in [2.24, 2.45) is 5.73 Å². The molecule has 0 bridgehead atoms. The number of aromatic nitrogens is 2. The van der Waals surface area contributed by atoms with Gasteiger partial charge in [-0.05, 0) is 23.8 Å². The SMILES string of the molecule is NCc1ccc(N2CCN(c3ccncc3)CC2)nc1. The Bertz CT molecular complexity index is 532.